The van der Waals surface area contributed by atoms with E-state index in [0.717, 1.165) is 12.1 Å². The number of ether oxygens (including phenoxy) is 1. The fraction of sp³-hybridized carbons (Fsp3) is 0.286. The molecule has 0 saturated heterocycles. The maximum absolute atomic E-state index is 9.21. The van der Waals surface area contributed by atoms with Crippen LogP contribution in [0.25, 0.3) is 0 Å². The van der Waals surface area contributed by atoms with E-state index in [4.69, 9.17) is 4.74 Å². The van der Waals surface area contributed by atoms with Gasteiger partial charge in [0.15, 0.2) is 0 Å². The average molecular weight is 244 g/mol. The number of rotatable bonds is 5. The molecule has 0 unspecified atom stereocenters. The lowest BCUT2D eigenvalue weighted by atomic mass is 10.2. The predicted octanol–water partition coefficient (Wildman–Crippen LogP) is 1.90. The summed E-state index contributed by atoms with van der Waals surface area (Å²) in [5.74, 6) is 0.650. The van der Waals surface area contributed by atoms with Crippen molar-refractivity contribution in [2.24, 2.45) is 0 Å². The molecule has 0 amide bonds. The first kappa shape index (κ1) is 12.5. The molecule has 1 N–H and O–H groups in total. The van der Waals surface area contributed by atoms with Gasteiger partial charge in [0.1, 0.15) is 11.4 Å². The van der Waals surface area contributed by atoms with E-state index in [1.54, 1.807) is 12.4 Å². The van der Waals surface area contributed by atoms with E-state index in [1.165, 1.54) is 5.56 Å². The average Bonchev–Trinajstić information content (AvgIpc) is 2.41. The van der Waals surface area contributed by atoms with E-state index >= 15 is 0 Å². The highest BCUT2D eigenvalue weighted by Gasteiger charge is 2.04. The maximum atomic E-state index is 9.21. The van der Waals surface area contributed by atoms with Gasteiger partial charge in [-0.3, -0.25) is 9.97 Å². The third-order valence-corrected chi connectivity index (χ3v) is 2.62. The quantitative estimate of drug-likeness (QED) is 0.872. The lowest BCUT2D eigenvalue weighted by Crippen LogP contribution is -2.05. The van der Waals surface area contributed by atoms with Crippen molar-refractivity contribution < 1.29 is 9.84 Å². The van der Waals surface area contributed by atoms with Crippen LogP contribution in [0.1, 0.15) is 17.0 Å². The van der Waals surface area contributed by atoms with Gasteiger partial charge in [0, 0.05) is 24.5 Å². The number of nitrogens with zero attached hydrogens (tertiary/aromatic N) is 2. The number of hydrogen-bond acceptors (Lipinski definition) is 4. The molecule has 2 rings (SSSR count). The third kappa shape index (κ3) is 3.28. The molecule has 0 aliphatic carbocycles. The first-order valence-corrected chi connectivity index (χ1v) is 5.88. The zero-order valence-electron chi connectivity index (χ0n) is 10.3. The van der Waals surface area contributed by atoms with Crippen LogP contribution in [0.5, 0.6) is 5.75 Å². The highest BCUT2D eigenvalue weighted by Crippen LogP contribution is 2.17. The highest BCUT2D eigenvalue weighted by molar-refractivity contribution is 5.28. The molecule has 2 aromatic rings. The summed E-state index contributed by atoms with van der Waals surface area (Å²) >= 11 is 0. The van der Waals surface area contributed by atoms with Crippen molar-refractivity contribution in [1.29, 1.82) is 0 Å². The molecule has 4 heteroatoms. The minimum absolute atomic E-state index is 0.105. The largest absolute Gasteiger partial charge is 0.491 e. The zero-order valence-corrected chi connectivity index (χ0v) is 10.3. The maximum Gasteiger partial charge on any atom is 0.143 e. The van der Waals surface area contributed by atoms with Crippen molar-refractivity contribution in [3.05, 3.63) is 53.6 Å². The van der Waals surface area contributed by atoms with Crippen molar-refractivity contribution in [3.63, 3.8) is 0 Å². The molecule has 2 aromatic heterocycles. The topological polar surface area (TPSA) is 55.2 Å². The van der Waals surface area contributed by atoms with Gasteiger partial charge in [0.2, 0.25) is 0 Å². The molecule has 0 spiro atoms. The smallest absolute Gasteiger partial charge is 0.143 e. The number of aromatic nitrogens is 2. The fourth-order valence-corrected chi connectivity index (χ4v) is 1.67. The van der Waals surface area contributed by atoms with Crippen LogP contribution in [0.2, 0.25) is 0 Å². The molecule has 0 bridgehead atoms. The molecule has 0 fully saturated rings. The highest BCUT2D eigenvalue weighted by atomic mass is 16.5. The number of aliphatic hydroxyl groups excluding tert-OH is 1. The molecule has 94 valence electrons. The van der Waals surface area contributed by atoms with Crippen molar-refractivity contribution in [1.82, 2.24) is 9.97 Å². The Morgan fingerprint density at radius 1 is 1.17 bits per heavy atom. The van der Waals surface area contributed by atoms with Crippen LogP contribution in [0.4, 0.5) is 0 Å². The fourth-order valence-electron chi connectivity index (χ4n) is 1.67. The van der Waals surface area contributed by atoms with Crippen LogP contribution in [0, 0.1) is 6.92 Å². The summed E-state index contributed by atoms with van der Waals surface area (Å²) in [7, 11) is 0. The standard InChI is InChI=1S/C14H16N2O2/c1-11-2-3-14(13(10-17)16-11)18-9-6-12-4-7-15-8-5-12/h2-5,7-8,17H,6,9-10H2,1H3. The van der Waals surface area contributed by atoms with Crippen molar-refractivity contribution >= 4 is 0 Å². The Labute approximate surface area is 106 Å². The number of aliphatic hydroxyl groups is 1. The lowest BCUT2D eigenvalue weighted by Gasteiger charge is -2.10. The van der Waals surface area contributed by atoms with E-state index in [1.807, 2.05) is 31.2 Å². The molecule has 18 heavy (non-hydrogen) atoms. The molecule has 0 atom stereocenters. The molecule has 0 radical (unpaired) electrons. The zero-order chi connectivity index (χ0) is 12.8. The van der Waals surface area contributed by atoms with Gasteiger partial charge in [0.25, 0.3) is 0 Å². The van der Waals surface area contributed by atoms with Crippen molar-refractivity contribution in [2.75, 3.05) is 6.61 Å². The summed E-state index contributed by atoms with van der Waals surface area (Å²) in [6.07, 6.45) is 4.34. The second-order valence-corrected chi connectivity index (χ2v) is 4.01. The Balaban J connectivity index is 1.94. The van der Waals surface area contributed by atoms with Gasteiger partial charge in [-0.2, -0.15) is 0 Å². The van der Waals surface area contributed by atoms with Gasteiger partial charge in [-0.1, -0.05) is 0 Å². The summed E-state index contributed by atoms with van der Waals surface area (Å²) in [5, 5.41) is 9.21. The predicted molar refractivity (Wildman–Crippen MR) is 68.3 cm³/mol. The van der Waals surface area contributed by atoms with Gasteiger partial charge >= 0.3 is 0 Å². The Bertz CT molecular complexity index is 500. The summed E-state index contributed by atoms with van der Waals surface area (Å²) in [5.41, 5.74) is 2.64. The molecule has 0 aliphatic rings. The summed E-state index contributed by atoms with van der Waals surface area (Å²) in [6.45, 7) is 2.34. The van der Waals surface area contributed by atoms with Gasteiger partial charge in [-0.05, 0) is 36.8 Å². The van der Waals surface area contributed by atoms with E-state index in [9.17, 15) is 5.11 Å². The molecular formula is C14H16N2O2. The number of aryl methyl sites for hydroxylation is 1. The Kier molecular flexibility index (Phi) is 4.25. The van der Waals surface area contributed by atoms with Crippen LogP contribution >= 0.6 is 0 Å². The van der Waals surface area contributed by atoms with Gasteiger partial charge < -0.3 is 9.84 Å². The Hall–Kier alpha value is -1.94. The van der Waals surface area contributed by atoms with Crippen molar-refractivity contribution in [3.8, 4) is 5.75 Å². The third-order valence-electron chi connectivity index (χ3n) is 2.62. The first-order chi connectivity index (χ1) is 8.79. The minimum Gasteiger partial charge on any atom is -0.491 e. The van der Waals surface area contributed by atoms with E-state index in [2.05, 4.69) is 9.97 Å². The molecular weight excluding hydrogens is 228 g/mol. The SMILES string of the molecule is Cc1ccc(OCCc2ccncc2)c(CO)n1. The van der Waals surface area contributed by atoms with Crippen LogP contribution in [0.15, 0.2) is 36.7 Å². The molecule has 2 heterocycles. The van der Waals surface area contributed by atoms with Gasteiger partial charge in [-0.25, -0.2) is 0 Å². The van der Waals surface area contributed by atoms with E-state index in [0.29, 0.717) is 18.1 Å². The van der Waals surface area contributed by atoms with Crippen LogP contribution in [-0.4, -0.2) is 21.7 Å². The van der Waals surface area contributed by atoms with Gasteiger partial charge in [0.05, 0.1) is 13.2 Å². The molecule has 0 aromatic carbocycles. The molecule has 4 nitrogen and oxygen atoms in total. The Morgan fingerprint density at radius 2 is 1.94 bits per heavy atom. The Morgan fingerprint density at radius 3 is 2.67 bits per heavy atom. The summed E-state index contributed by atoms with van der Waals surface area (Å²) < 4.78 is 5.64. The van der Waals surface area contributed by atoms with E-state index < -0.39 is 0 Å². The second-order valence-electron chi connectivity index (χ2n) is 4.01. The van der Waals surface area contributed by atoms with Crippen LogP contribution in [-0.2, 0) is 13.0 Å². The van der Waals surface area contributed by atoms with Crippen LogP contribution in [0.3, 0.4) is 0 Å². The van der Waals surface area contributed by atoms with E-state index in [-0.39, 0.29) is 6.61 Å². The normalized spacial score (nSPS) is 10.3. The van der Waals surface area contributed by atoms with Crippen molar-refractivity contribution in [2.45, 2.75) is 20.0 Å². The molecule has 0 aliphatic heterocycles. The molecule has 0 saturated carbocycles. The number of hydrogen-bond donors (Lipinski definition) is 1. The monoisotopic (exact) mass is 244 g/mol. The van der Waals surface area contributed by atoms with Gasteiger partial charge in [-0.15, -0.1) is 0 Å². The minimum atomic E-state index is -0.105. The first-order valence-electron chi connectivity index (χ1n) is 5.88. The lowest BCUT2D eigenvalue weighted by molar-refractivity contribution is 0.258. The van der Waals surface area contributed by atoms with Crippen LogP contribution < -0.4 is 4.74 Å². The number of pyridine rings is 2. The summed E-state index contributed by atoms with van der Waals surface area (Å²) in [4.78, 5) is 8.20. The summed E-state index contributed by atoms with van der Waals surface area (Å²) in [6, 6.07) is 7.65. The second kappa shape index (κ2) is 6.12.